The molecule has 6 nitrogen and oxygen atoms in total. The highest BCUT2D eigenvalue weighted by molar-refractivity contribution is 5.49. The first-order valence-corrected chi connectivity index (χ1v) is 6.34. The lowest BCUT2D eigenvalue weighted by atomic mass is 10.2. The van der Waals surface area contributed by atoms with Crippen molar-refractivity contribution in [3.63, 3.8) is 0 Å². The molecule has 0 spiro atoms. The Kier molecular flexibility index (Phi) is 4.24. The number of hydrogen-bond acceptors (Lipinski definition) is 6. The molecule has 0 bridgehead atoms. The van der Waals surface area contributed by atoms with E-state index in [9.17, 15) is 5.11 Å². The summed E-state index contributed by atoms with van der Waals surface area (Å²) in [6.07, 6.45) is 1.48. The third-order valence-corrected chi connectivity index (χ3v) is 2.56. The molecular formula is C14H18N4O2. The van der Waals surface area contributed by atoms with Crippen LogP contribution in [0.3, 0.4) is 0 Å². The molecule has 1 aromatic carbocycles. The van der Waals surface area contributed by atoms with Gasteiger partial charge in [-0.2, -0.15) is 0 Å². The van der Waals surface area contributed by atoms with Gasteiger partial charge in [-0.1, -0.05) is 0 Å². The summed E-state index contributed by atoms with van der Waals surface area (Å²) in [6.45, 7) is 4.27. The van der Waals surface area contributed by atoms with E-state index in [-0.39, 0.29) is 11.9 Å². The molecule has 4 N–H and O–H groups in total. The Hall–Kier alpha value is -2.50. The van der Waals surface area contributed by atoms with E-state index >= 15 is 0 Å². The molecule has 0 aliphatic carbocycles. The Bertz CT molecular complexity index is 587. The second-order valence-electron chi connectivity index (χ2n) is 4.65. The summed E-state index contributed by atoms with van der Waals surface area (Å²) in [7, 11) is 0. The quantitative estimate of drug-likeness (QED) is 0.571. The molecule has 0 aliphatic heterocycles. The van der Waals surface area contributed by atoms with Gasteiger partial charge in [0.25, 0.3) is 0 Å². The van der Waals surface area contributed by atoms with E-state index < -0.39 is 0 Å². The zero-order chi connectivity index (χ0) is 14.5. The largest absolute Gasteiger partial charge is 0.508 e. The maximum Gasteiger partial charge on any atom is 0.218 e. The van der Waals surface area contributed by atoms with Gasteiger partial charge in [0.15, 0.2) is 0 Å². The monoisotopic (exact) mass is 274 g/mol. The first-order valence-electron chi connectivity index (χ1n) is 6.34. The molecule has 0 amide bonds. The number of phenols is 1. The molecule has 1 heterocycles. The first kappa shape index (κ1) is 13.9. The minimum absolute atomic E-state index is 0.0516. The van der Waals surface area contributed by atoms with Crippen LogP contribution in [0.2, 0.25) is 0 Å². The summed E-state index contributed by atoms with van der Waals surface area (Å²) >= 11 is 0. The number of benzene rings is 1. The molecule has 106 valence electrons. The van der Waals surface area contributed by atoms with Crippen molar-refractivity contribution in [1.82, 2.24) is 9.97 Å². The van der Waals surface area contributed by atoms with Crippen molar-refractivity contribution in [3.05, 3.63) is 36.2 Å². The Balaban J connectivity index is 2.05. The van der Waals surface area contributed by atoms with Gasteiger partial charge in [-0.25, -0.2) is 9.97 Å². The van der Waals surface area contributed by atoms with Crippen molar-refractivity contribution in [2.45, 2.75) is 26.5 Å². The van der Waals surface area contributed by atoms with Crippen LogP contribution in [-0.4, -0.2) is 21.2 Å². The van der Waals surface area contributed by atoms with Crippen LogP contribution < -0.4 is 15.8 Å². The molecule has 0 saturated carbocycles. The molecule has 0 radical (unpaired) electrons. The van der Waals surface area contributed by atoms with E-state index in [0.29, 0.717) is 29.5 Å². The number of aromatic hydroxyl groups is 1. The van der Waals surface area contributed by atoms with Crippen LogP contribution in [0.25, 0.3) is 0 Å². The standard InChI is InChI=1S/C14H18N4O2/c1-9(2)20-14-6-13(17-8-18-14)16-7-10-5-11(15)3-4-12(10)19/h3-6,8-9,19H,7,15H2,1-2H3,(H,16,17,18). The zero-order valence-electron chi connectivity index (χ0n) is 11.5. The number of anilines is 2. The van der Waals surface area contributed by atoms with Gasteiger partial charge < -0.3 is 20.9 Å². The number of nitrogen functional groups attached to an aromatic ring is 1. The van der Waals surface area contributed by atoms with Crippen molar-refractivity contribution in [3.8, 4) is 11.6 Å². The van der Waals surface area contributed by atoms with Crippen molar-refractivity contribution in [2.75, 3.05) is 11.1 Å². The van der Waals surface area contributed by atoms with Gasteiger partial charge in [-0.3, -0.25) is 0 Å². The molecule has 0 unspecified atom stereocenters. The Labute approximate surface area is 117 Å². The third kappa shape index (κ3) is 3.74. The predicted molar refractivity (Wildman–Crippen MR) is 77.6 cm³/mol. The molecule has 0 saturated heterocycles. The summed E-state index contributed by atoms with van der Waals surface area (Å²) in [5.41, 5.74) is 7.00. The lowest BCUT2D eigenvalue weighted by Crippen LogP contribution is -2.08. The number of nitrogens with two attached hydrogens (primary N) is 1. The first-order chi connectivity index (χ1) is 9.54. The van der Waals surface area contributed by atoms with Gasteiger partial charge in [0.2, 0.25) is 5.88 Å². The SMILES string of the molecule is CC(C)Oc1cc(NCc2cc(N)ccc2O)ncn1. The van der Waals surface area contributed by atoms with E-state index in [1.54, 1.807) is 24.3 Å². The molecule has 0 atom stereocenters. The summed E-state index contributed by atoms with van der Waals surface area (Å²) in [4.78, 5) is 8.12. The molecule has 0 fully saturated rings. The molecule has 1 aromatic heterocycles. The predicted octanol–water partition coefficient (Wildman–Crippen LogP) is 2.16. The molecule has 2 rings (SSSR count). The Morgan fingerprint density at radius 3 is 2.85 bits per heavy atom. The number of phenolic OH excluding ortho intramolecular Hbond substituents is 1. The van der Waals surface area contributed by atoms with Gasteiger partial charge >= 0.3 is 0 Å². The van der Waals surface area contributed by atoms with Crippen LogP contribution in [0.1, 0.15) is 19.4 Å². The maximum atomic E-state index is 9.73. The van der Waals surface area contributed by atoms with E-state index in [2.05, 4.69) is 15.3 Å². The minimum Gasteiger partial charge on any atom is -0.508 e. The van der Waals surface area contributed by atoms with Crippen molar-refractivity contribution < 1.29 is 9.84 Å². The molecule has 0 aliphatic rings. The minimum atomic E-state index is 0.0516. The third-order valence-electron chi connectivity index (χ3n) is 2.56. The van der Waals surface area contributed by atoms with Crippen LogP contribution in [0.4, 0.5) is 11.5 Å². The van der Waals surface area contributed by atoms with Crippen LogP contribution in [0.15, 0.2) is 30.6 Å². The number of nitrogens with one attached hydrogen (secondary N) is 1. The van der Waals surface area contributed by atoms with Gasteiger partial charge in [-0.15, -0.1) is 0 Å². The number of ether oxygens (including phenoxy) is 1. The van der Waals surface area contributed by atoms with E-state index in [4.69, 9.17) is 10.5 Å². The average molecular weight is 274 g/mol. The summed E-state index contributed by atoms with van der Waals surface area (Å²) in [5.74, 6) is 1.33. The second-order valence-corrected chi connectivity index (χ2v) is 4.65. The zero-order valence-corrected chi connectivity index (χ0v) is 11.5. The number of aromatic nitrogens is 2. The van der Waals surface area contributed by atoms with E-state index in [1.807, 2.05) is 13.8 Å². The van der Waals surface area contributed by atoms with Crippen LogP contribution in [0.5, 0.6) is 11.6 Å². The van der Waals surface area contributed by atoms with Crippen LogP contribution in [-0.2, 0) is 6.54 Å². The summed E-state index contributed by atoms with van der Waals surface area (Å²) in [5, 5.41) is 12.8. The van der Waals surface area contributed by atoms with Gasteiger partial charge in [-0.05, 0) is 32.0 Å². The van der Waals surface area contributed by atoms with Gasteiger partial charge in [0.05, 0.1) is 6.10 Å². The van der Waals surface area contributed by atoms with E-state index in [1.165, 1.54) is 6.33 Å². The van der Waals surface area contributed by atoms with E-state index in [0.717, 1.165) is 0 Å². The lowest BCUT2D eigenvalue weighted by molar-refractivity contribution is 0.232. The van der Waals surface area contributed by atoms with Gasteiger partial charge in [0.1, 0.15) is 17.9 Å². The number of rotatable bonds is 5. The highest BCUT2D eigenvalue weighted by Gasteiger charge is 2.04. The fourth-order valence-corrected chi connectivity index (χ4v) is 1.67. The van der Waals surface area contributed by atoms with Crippen molar-refractivity contribution in [1.29, 1.82) is 0 Å². The maximum absolute atomic E-state index is 9.73. The average Bonchev–Trinajstić information content (AvgIpc) is 2.39. The summed E-state index contributed by atoms with van der Waals surface area (Å²) < 4.78 is 5.49. The Morgan fingerprint density at radius 1 is 1.30 bits per heavy atom. The number of nitrogens with zero attached hydrogens (tertiary/aromatic N) is 2. The van der Waals surface area contributed by atoms with Crippen molar-refractivity contribution in [2.24, 2.45) is 0 Å². The highest BCUT2D eigenvalue weighted by Crippen LogP contribution is 2.21. The normalized spacial score (nSPS) is 10.6. The van der Waals surface area contributed by atoms with Crippen LogP contribution >= 0.6 is 0 Å². The smallest absolute Gasteiger partial charge is 0.218 e. The van der Waals surface area contributed by atoms with Crippen LogP contribution in [0, 0.1) is 0 Å². The molecule has 2 aromatic rings. The lowest BCUT2D eigenvalue weighted by Gasteiger charge is -2.11. The summed E-state index contributed by atoms with van der Waals surface area (Å²) in [6, 6.07) is 6.65. The fourth-order valence-electron chi connectivity index (χ4n) is 1.67. The highest BCUT2D eigenvalue weighted by atomic mass is 16.5. The van der Waals surface area contributed by atoms with Crippen molar-refractivity contribution >= 4 is 11.5 Å². The molecule has 6 heteroatoms. The Morgan fingerprint density at radius 2 is 2.10 bits per heavy atom. The topological polar surface area (TPSA) is 93.3 Å². The van der Waals surface area contributed by atoms with Gasteiger partial charge in [0, 0.05) is 23.9 Å². The molecular weight excluding hydrogens is 256 g/mol. The number of hydrogen-bond donors (Lipinski definition) is 3. The fraction of sp³-hybridized carbons (Fsp3) is 0.286. The second kappa shape index (κ2) is 6.10. The molecule has 20 heavy (non-hydrogen) atoms.